The molecule has 0 radical (unpaired) electrons. The van der Waals surface area contributed by atoms with E-state index in [9.17, 15) is 4.79 Å². The van der Waals surface area contributed by atoms with E-state index in [1.165, 1.54) is 5.01 Å². The number of thiazole rings is 1. The smallest absolute Gasteiger partial charge is 0.255 e. The zero-order valence-electron chi connectivity index (χ0n) is 13.2. The maximum absolute atomic E-state index is 12.5. The molecular formula is C17H20ClN3OS. The predicted octanol–water partition coefficient (Wildman–Crippen LogP) is 3.32. The average molecular weight is 350 g/mol. The molecule has 1 amide bonds. The lowest BCUT2D eigenvalue weighted by atomic mass is 10.2. The molecule has 23 heavy (non-hydrogen) atoms. The van der Waals surface area contributed by atoms with E-state index in [0.717, 1.165) is 44.8 Å². The minimum absolute atomic E-state index is 0.0252. The van der Waals surface area contributed by atoms with Gasteiger partial charge < -0.3 is 4.90 Å². The zero-order valence-corrected chi connectivity index (χ0v) is 14.7. The number of aromatic nitrogens is 1. The van der Waals surface area contributed by atoms with Crippen LogP contribution >= 0.6 is 22.9 Å². The third-order valence-corrected chi connectivity index (χ3v) is 5.42. The van der Waals surface area contributed by atoms with Crippen LogP contribution in [0.3, 0.4) is 0 Å². The minimum atomic E-state index is 0.0252. The number of aryl methyl sites for hydroxylation is 1. The molecule has 0 atom stereocenters. The van der Waals surface area contributed by atoms with Crippen molar-refractivity contribution in [2.75, 3.05) is 26.2 Å². The maximum atomic E-state index is 12.5. The summed E-state index contributed by atoms with van der Waals surface area (Å²) in [5.74, 6) is 0.0252. The van der Waals surface area contributed by atoms with Crippen molar-refractivity contribution in [3.63, 3.8) is 0 Å². The van der Waals surface area contributed by atoms with Gasteiger partial charge in [-0.05, 0) is 18.6 Å². The molecule has 1 fully saturated rings. The second-order valence-electron chi connectivity index (χ2n) is 5.63. The van der Waals surface area contributed by atoms with Crippen LogP contribution < -0.4 is 0 Å². The summed E-state index contributed by atoms with van der Waals surface area (Å²) in [5, 5.41) is 3.85. The molecule has 0 aliphatic carbocycles. The van der Waals surface area contributed by atoms with E-state index in [4.69, 9.17) is 11.6 Å². The molecule has 6 heteroatoms. The van der Waals surface area contributed by atoms with Crippen molar-refractivity contribution in [2.45, 2.75) is 19.9 Å². The van der Waals surface area contributed by atoms with Gasteiger partial charge in [-0.3, -0.25) is 9.69 Å². The Balaban J connectivity index is 1.56. The van der Waals surface area contributed by atoms with Gasteiger partial charge >= 0.3 is 0 Å². The summed E-state index contributed by atoms with van der Waals surface area (Å²) in [6.45, 7) is 6.19. The van der Waals surface area contributed by atoms with Crippen molar-refractivity contribution in [3.8, 4) is 0 Å². The van der Waals surface area contributed by atoms with Gasteiger partial charge in [-0.2, -0.15) is 0 Å². The lowest BCUT2D eigenvalue weighted by Crippen LogP contribution is -2.48. The standard InChI is InChI=1S/C17H20ClN3OS/c1-2-16-19-13(12-23-16)11-20-7-9-21(10-8-20)17(22)14-5-3-4-6-15(14)18/h3-6,12H,2,7-11H2,1H3. The van der Waals surface area contributed by atoms with E-state index < -0.39 is 0 Å². The molecule has 1 aromatic carbocycles. The number of carbonyl (C=O) groups excluding carboxylic acids is 1. The fraction of sp³-hybridized carbons (Fsp3) is 0.412. The van der Waals surface area contributed by atoms with Crippen LogP contribution in [0.4, 0.5) is 0 Å². The normalized spacial score (nSPS) is 15.8. The van der Waals surface area contributed by atoms with E-state index in [2.05, 4.69) is 22.2 Å². The molecule has 0 spiro atoms. The summed E-state index contributed by atoms with van der Waals surface area (Å²) >= 11 is 7.85. The van der Waals surface area contributed by atoms with Crippen LogP contribution in [-0.4, -0.2) is 46.9 Å². The number of halogens is 1. The highest BCUT2D eigenvalue weighted by atomic mass is 35.5. The SMILES string of the molecule is CCc1nc(CN2CCN(C(=O)c3ccccc3Cl)CC2)cs1. The minimum Gasteiger partial charge on any atom is -0.336 e. The van der Waals surface area contributed by atoms with E-state index >= 15 is 0 Å². The average Bonchev–Trinajstić information content (AvgIpc) is 3.03. The first-order valence-corrected chi connectivity index (χ1v) is 9.12. The van der Waals surface area contributed by atoms with Crippen LogP contribution in [0.5, 0.6) is 0 Å². The van der Waals surface area contributed by atoms with Crippen LogP contribution in [0, 0.1) is 0 Å². The second kappa shape index (κ2) is 7.43. The number of hydrogen-bond donors (Lipinski definition) is 0. The van der Waals surface area contributed by atoms with E-state index in [1.54, 1.807) is 23.5 Å². The van der Waals surface area contributed by atoms with Gasteiger partial charge in [0.15, 0.2) is 0 Å². The van der Waals surface area contributed by atoms with Crippen molar-refractivity contribution in [2.24, 2.45) is 0 Å². The van der Waals surface area contributed by atoms with Crippen molar-refractivity contribution < 1.29 is 4.79 Å². The topological polar surface area (TPSA) is 36.4 Å². The van der Waals surface area contributed by atoms with Crippen LogP contribution in [0.15, 0.2) is 29.6 Å². The zero-order chi connectivity index (χ0) is 16.2. The molecular weight excluding hydrogens is 330 g/mol. The van der Waals surface area contributed by atoms with Gasteiger partial charge in [0.05, 0.1) is 21.3 Å². The molecule has 0 unspecified atom stereocenters. The van der Waals surface area contributed by atoms with E-state index in [1.807, 2.05) is 17.0 Å². The Morgan fingerprint density at radius 2 is 2.00 bits per heavy atom. The largest absolute Gasteiger partial charge is 0.336 e. The van der Waals surface area contributed by atoms with Gasteiger partial charge in [0, 0.05) is 38.1 Å². The van der Waals surface area contributed by atoms with Crippen molar-refractivity contribution in [1.29, 1.82) is 0 Å². The fourth-order valence-electron chi connectivity index (χ4n) is 2.73. The number of amides is 1. The summed E-state index contributed by atoms with van der Waals surface area (Å²) in [5.41, 5.74) is 1.73. The van der Waals surface area contributed by atoms with E-state index in [-0.39, 0.29) is 5.91 Å². The number of piperazine rings is 1. The molecule has 2 heterocycles. The molecule has 2 aromatic rings. The quantitative estimate of drug-likeness (QED) is 0.849. The number of hydrogen-bond acceptors (Lipinski definition) is 4. The fourth-order valence-corrected chi connectivity index (χ4v) is 3.68. The van der Waals surface area contributed by atoms with Crippen LogP contribution in [0.2, 0.25) is 5.02 Å². The molecule has 122 valence electrons. The van der Waals surface area contributed by atoms with Gasteiger partial charge in [-0.15, -0.1) is 11.3 Å². The van der Waals surface area contributed by atoms with Crippen molar-refractivity contribution in [1.82, 2.24) is 14.8 Å². The number of carbonyl (C=O) groups is 1. The second-order valence-corrected chi connectivity index (χ2v) is 6.98. The molecule has 0 saturated carbocycles. The Hall–Kier alpha value is -1.43. The monoisotopic (exact) mass is 349 g/mol. The van der Waals surface area contributed by atoms with Crippen molar-refractivity contribution in [3.05, 3.63) is 50.9 Å². The Bertz CT molecular complexity index is 680. The van der Waals surface area contributed by atoms with Crippen LogP contribution in [0.1, 0.15) is 28.0 Å². The molecule has 1 aliphatic rings. The third kappa shape index (κ3) is 3.91. The highest BCUT2D eigenvalue weighted by Crippen LogP contribution is 2.19. The molecule has 3 rings (SSSR count). The summed E-state index contributed by atoms with van der Waals surface area (Å²) in [4.78, 5) is 21.4. The Morgan fingerprint density at radius 3 is 2.65 bits per heavy atom. The first-order chi connectivity index (χ1) is 11.2. The molecule has 1 aliphatic heterocycles. The molecule has 1 saturated heterocycles. The first-order valence-electron chi connectivity index (χ1n) is 7.87. The first kappa shape index (κ1) is 16.4. The molecule has 0 bridgehead atoms. The van der Waals surface area contributed by atoms with Gasteiger partial charge in [0.2, 0.25) is 0 Å². The number of rotatable bonds is 4. The number of benzene rings is 1. The highest BCUT2D eigenvalue weighted by Gasteiger charge is 2.23. The Morgan fingerprint density at radius 1 is 1.26 bits per heavy atom. The number of nitrogens with zero attached hydrogens (tertiary/aromatic N) is 3. The summed E-state index contributed by atoms with van der Waals surface area (Å²) in [6.07, 6.45) is 0.991. The van der Waals surface area contributed by atoms with Gasteiger partial charge in [0.1, 0.15) is 0 Å². The summed E-state index contributed by atoms with van der Waals surface area (Å²) in [6, 6.07) is 7.25. The van der Waals surface area contributed by atoms with Gasteiger partial charge in [-0.25, -0.2) is 4.98 Å². The Kier molecular flexibility index (Phi) is 5.30. The summed E-state index contributed by atoms with van der Waals surface area (Å²) < 4.78 is 0. The third-order valence-electron chi connectivity index (χ3n) is 4.05. The Labute approximate surface area is 145 Å². The van der Waals surface area contributed by atoms with Crippen LogP contribution in [0.25, 0.3) is 0 Å². The molecule has 1 aromatic heterocycles. The van der Waals surface area contributed by atoms with E-state index in [0.29, 0.717) is 10.6 Å². The van der Waals surface area contributed by atoms with Crippen LogP contribution in [-0.2, 0) is 13.0 Å². The lowest BCUT2D eigenvalue weighted by molar-refractivity contribution is 0.0627. The summed E-state index contributed by atoms with van der Waals surface area (Å²) in [7, 11) is 0. The highest BCUT2D eigenvalue weighted by molar-refractivity contribution is 7.09. The van der Waals surface area contributed by atoms with Gasteiger partial charge in [0.25, 0.3) is 5.91 Å². The van der Waals surface area contributed by atoms with Gasteiger partial charge in [-0.1, -0.05) is 30.7 Å². The molecule has 0 N–H and O–H groups in total. The molecule has 4 nitrogen and oxygen atoms in total. The lowest BCUT2D eigenvalue weighted by Gasteiger charge is -2.34. The predicted molar refractivity (Wildman–Crippen MR) is 94.1 cm³/mol. The van der Waals surface area contributed by atoms with Crippen molar-refractivity contribution >= 4 is 28.8 Å². The maximum Gasteiger partial charge on any atom is 0.255 e.